The predicted molar refractivity (Wildman–Crippen MR) is 89.2 cm³/mol. The number of hydrogen-bond donors (Lipinski definition) is 2. The Bertz CT molecular complexity index is 528. The van der Waals surface area contributed by atoms with E-state index >= 15 is 0 Å². The van der Waals surface area contributed by atoms with Crippen LogP contribution >= 0.6 is 0 Å². The highest BCUT2D eigenvalue weighted by atomic mass is 16.2. The van der Waals surface area contributed by atoms with E-state index in [-0.39, 0.29) is 30.2 Å². The summed E-state index contributed by atoms with van der Waals surface area (Å²) in [7, 11) is 0. The summed E-state index contributed by atoms with van der Waals surface area (Å²) in [6.45, 7) is 6.51. The first kappa shape index (κ1) is 17.2. The number of carbonyl (C=O) groups is 3. The zero-order chi connectivity index (χ0) is 17.3. The monoisotopic (exact) mass is 336 g/mol. The Morgan fingerprint density at radius 1 is 1.17 bits per heavy atom. The first-order valence-corrected chi connectivity index (χ1v) is 9.08. The third-order valence-electron chi connectivity index (χ3n) is 5.70. The maximum atomic E-state index is 13.0. The van der Waals surface area contributed by atoms with Gasteiger partial charge < -0.3 is 15.5 Å². The highest BCUT2D eigenvalue weighted by Crippen LogP contribution is 2.37. The summed E-state index contributed by atoms with van der Waals surface area (Å²) >= 11 is 0. The topological polar surface area (TPSA) is 81.8 Å². The molecule has 2 N–H and O–H groups in total. The average molecular weight is 336 g/mol. The Hall–Kier alpha value is -1.63. The molecule has 0 bridgehead atoms. The van der Waals surface area contributed by atoms with Crippen LogP contribution in [0.15, 0.2) is 0 Å². The lowest BCUT2D eigenvalue weighted by Crippen LogP contribution is -2.66. The fraction of sp³-hybridized carbons (Fsp3) is 0.824. The van der Waals surface area contributed by atoms with Gasteiger partial charge in [0.2, 0.25) is 17.7 Å². The molecule has 1 aliphatic carbocycles. The van der Waals surface area contributed by atoms with Crippen molar-refractivity contribution in [1.82, 2.24) is 20.4 Å². The molecule has 1 spiro atoms. The Morgan fingerprint density at radius 2 is 1.83 bits per heavy atom. The molecule has 3 rings (SSSR count). The number of amides is 3. The van der Waals surface area contributed by atoms with E-state index in [1.165, 1.54) is 0 Å². The second-order valence-electron chi connectivity index (χ2n) is 7.38. The number of piperazine rings is 2. The largest absolute Gasteiger partial charge is 0.353 e. The van der Waals surface area contributed by atoms with Crippen LogP contribution in [-0.2, 0) is 14.4 Å². The number of nitrogens with one attached hydrogen (secondary N) is 2. The second kappa shape index (κ2) is 6.70. The van der Waals surface area contributed by atoms with Gasteiger partial charge in [0.25, 0.3) is 0 Å². The maximum absolute atomic E-state index is 13.0. The van der Waals surface area contributed by atoms with E-state index in [1.807, 2.05) is 13.8 Å². The van der Waals surface area contributed by atoms with Crippen LogP contribution in [0.4, 0.5) is 0 Å². The average Bonchev–Trinajstić information content (AvgIpc) is 3.02. The van der Waals surface area contributed by atoms with Crippen molar-refractivity contribution in [2.75, 3.05) is 26.2 Å². The van der Waals surface area contributed by atoms with Crippen molar-refractivity contribution in [3.63, 3.8) is 0 Å². The van der Waals surface area contributed by atoms with Gasteiger partial charge >= 0.3 is 0 Å². The van der Waals surface area contributed by atoms with E-state index in [0.29, 0.717) is 19.6 Å². The van der Waals surface area contributed by atoms with Gasteiger partial charge in [-0.2, -0.15) is 0 Å². The molecule has 0 radical (unpaired) electrons. The normalized spacial score (nSPS) is 27.5. The van der Waals surface area contributed by atoms with Crippen LogP contribution in [0.3, 0.4) is 0 Å². The van der Waals surface area contributed by atoms with E-state index < -0.39 is 11.6 Å². The summed E-state index contributed by atoms with van der Waals surface area (Å²) < 4.78 is 0. The fourth-order valence-corrected chi connectivity index (χ4v) is 4.44. The lowest BCUT2D eigenvalue weighted by atomic mass is 9.90. The zero-order valence-electron chi connectivity index (χ0n) is 14.6. The van der Waals surface area contributed by atoms with Gasteiger partial charge in [-0.05, 0) is 26.7 Å². The van der Waals surface area contributed by atoms with Crippen LogP contribution in [0.1, 0.15) is 46.0 Å². The maximum Gasteiger partial charge on any atom is 0.246 e. The molecule has 3 amide bonds. The summed E-state index contributed by atoms with van der Waals surface area (Å²) in [4.78, 5) is 41.6. The van der Waals surface area contributed by atoms with Crippen LogP contribution in [0.5, 0.6) is 0 Å². The van der Waals surface area contributed by atoms with Gasteiger partial charge in [-0.1, -0.05) is 12.8 Å². The van der Waals surface area contributed by atoms with Crippen molar-refractivity contribution in [3.8, 4) is 0 Å². The van der Waals surface area contributed by atoms with Crippen LogP contribution < -0.4 is 10.6 Å². The smallest absolute Gasteiger partial charge is 0.246 e. The Balaban J connectivity index is 1.77. The molecule has 2 heterocycles. The van der Waals surface area contributed by atoms with Crippen molar-refractivity contribution in [3.05, 3.63) is 0 Å². The lowest BCUT2D eigenvalue weighted by molar-refractivity contribution is -0.153. The molecule has 0 aromatic heterocycles. The summed E-state index contributed by atoms with van der Waals surface area (Å²) in [5.74, 6) is -0.168. The quantitative estimate of drug-likeness (QED) is 0.751. The zero-order valence-corrected chi connectivity index (χ0v) is 14.6. The first-order valence-electron chi connectivity index (χ1n) is 9.08. The highest BCUT2D eigenvalue weighted by Gasteiger charge is 2.50. The van der Waals surface area contributed by atoms with Gasteiger partial charge in [-0.15, -0.1) is 0 Å². The second-order valence-corrected chi connectivity index (χ2v) is 7.38. The molecule has 24 heavy (non-hydrogen) atoms. The van der Waals surface area contributed by atoms with E-state index in [2.05, 4.69) is 15.5 Å². The van der Waals surface area contributed by atoms with Gasteiger partial charge in [0.05, 0.1) is 12.5 Å². The Morgan fingerprint density at radius 3 is 2.50 bits per heavy atom. The van der Waals surface area contributed by atoms with E-state index in [1.54, 1.807) is 4.90 Å². The van der Waals surface area contributed by atoms with Gasteiger partial charge in [-0.3, -0.25) is 19.3 Å². The molecule has 1 atom stereocenters. The van der Waals surface area contributed by atoms with Crippen LogP contribution in [-0.4, -0.2) is 71.3 Å². The van der Waals surface area contributed by atoms with Gasteiger partial charge in [0.1, 0.15) is 5.54 Å². The molecular formula is C17H28N4O3. The standard InChI is InChI=1S/C17H28N4O3/c1-12(2)20-9-7-18-15(23)13(20)11-14(22)21-10-8-19-16(24)17(21)5-3-4-6-17/h12-13H,3-11H2,1-2H3,(H,18,23)(H,19,24). The summed E-state index contributed by atoms with van der Waals surface area (Å²) in [6, 6.07) is -0.228. The third-order valence-corrected chi connectivity index (χ3v) is 5.70. The molecule has 134 valence electrons. The fourth-order valence-electron chi connectivity index (χ4n) is 4.44. The number of carbonyl (C=O) groups excluding carboxylic acids is 3. The molecule has 1 unspecified atom stereocenters. The summed E-state index contributed by atoms with van der Waals surface area (Å²) in [6.07, 6.45) is 3.56. The molecule has 7 heteroatoms. The minimum atomic E-state index is -0.677. The molecular weight excluding hydrogens is 308 g/mol. The van der Waals surface area contributed by atoms with Gasteiger partial charge in [-0.25, -0.2) is 0 Å². The summed E-state index contributed by atoms with van der Waals surface area (Å²) in [5, 5.41) is 5.78. The van der Waals surface area contributed by atoms with Gasteiger partial charge in [0.15, 0.2) is 0 Å². The van der Waals surface area contributed by atoms with Crippen molar-refractivity contribution in [2.24, 2.45) is 0 Å². The molecule has 0 aromatic rings. The van der Waals surface area contributed by atoms with Crippen molar-refractivity contribution in [1.29, 1.82) is 0 Å². The first-order chi connectivity index (χ1) is 11.5. The number of hydrogen-bond acceptors (Lipinski definition) is 4. The molecule has 3 aliphatic rings. The van der Waals surface area contributed by atoms with E-state index in [4.69, 9.17) is 0 Å². The molecule has 3 fully saturated rings. The van der Waals surface area contributed by atoms with Crippen molar-refractivity contribution >= 4 is 17.7 Å². The van der Waals surface area contributed by atoms with Crippen molar-refractivity contribution in [2.45, 2.75) is 63.6 Å². The van der Waals surface area contributed by atoms with Crippen LogP contribution in [0, 0.1) is 0 Å². The molecule has 2 aliphatic heterocycles. The van der Waals surface area contributed by atoms with Crippen LogP contribution in [0.2, 0.25) is 0 Å². The third kappa shape index (κ3) is 2.90. The summed E-state index contributed by atoms with van der Waals surface area (Å²) in [5.41, 5.74) is -0.677. The van der Waals surface area contributed by atoms with E-state index in [9.17, 15) is 14.4 Å². The highest BCUT2D eigenvalue weighted by molar-refractivity contribution is 5.95. The number of rotatable bonds is 3. The van der Waals surface area contributed by atoms with E-state index in [0.717, 1.165) is 32.2 Å². The van der Waals surface area contributed by atoms with Crippen molar-refractivity contribution < 1.29 is 14.4 Å². The molecule has 1 saturated carbocycles. The SMILES string of the molecule is CC(C)N1CCNC(=O)C1CC(=O)N1CCNC(=O)C12CCCC2. The van der Waals surface area contributed by atoms with Crippen LogP contribution in [0.25, 0.3) is 0 Å². The predicted octanol–water partition coefficient (Wildman–Crippen LogP) is -0.143. The molecule has 7 nitrogen and oxygen atoms in total. The number of nitrogens with zero attached hydrogens (tertiary/aromatic N) is 2. The van der Waals surface area contributed by atoms with Gasteiger partial charge in [0, 0.05) is 32.2 Å². The molecule has 0 aromatic carbocycles. The lowest BCUT2D eigenvalue weighted by Gasteiger charge is -2.45. The molecule has 2 saturated heterocycles. The Labute approximate surface area is 143 Å². The minimum absolute atomic E-state index is 0.0200. The minimum Gasteiger partial charge on any atom is -0.353 e. The Kier molecular flexibility index (Phi) is 4.80.